The predicted molar refractivity (Wildman–Crippen MR) is 72.4 cm³/mol. The number of aromatic nitrogens is 4. The summed E-state index contributed by atoms with van der Waals surface area (Å²) in [5, 5.41) is 14.9. The van der Waals surface area contributed by atoms with Gasteiger partial charge in [-0.15, -0.1) is 0 Å². The summed E-state index contributed by atoms with van der Waals surface area (Å²) >= 11 is 0. The van der Waals surface area contributed by atoms with Gasteiger partial charge in [0.25, 0.3) is 0 Å². The second-order valence-electron chi connectivity index (χ2n) is 4.82. The van der Waals surface area contributed by atoms with Gasteiger partial charge in [0.05, 0.1) is 11.9 Å². The zero-order chi connectivity index (χ0) is 14.6. The molecule has 1 N–H and O–H groups in total. The van der Waals surface area contributed by atoms with Gasteiger partial charge in [0.2, 0.25) is 0 Å². The zero-order valence-corrected chi connectivity index (χ0v) is 11.8. The van der Waals surface area contributed by atoms with E-state index in [-0.39, 0.29) is 0 Å². The van der Waals surface area contributed by atoms with Gasteiger partial charge in [0.1, 0.15) is 23.6 Å². The highest BCUT2D eigenvalue weighted by Gasteiger charge is 2.31. The minimum absolute atomic E-state index is 0.308. The molecule has 0 aliphatic rings. The second kappa shape index (κ2) is 6.09. The van der Waals surface area contributed by atoms with Crippen LogP contribution in [0.4, 0.5) is 4.39 Å². The summed E-state index contributed by atoms with van der Waals surface area (Å²) in [5.74, 6) is 0.295. The highest BCUT2D eigenvalue weighted by atomic mass is 19.1. The van der Waals surface area contributed by atoms with Crippen LogP contribution in [0, 0.1) is 5.82 Å². The maximum atomic E-state index is 13.0. The number of pyridine rings is 1. The van der Waals surface area contributed by atoms with Crippen molar-refractivity contribution >= 4 is 0 Å². The van der Waals surface area contributed by atoms with E-state index in [4.69, 9.17) is 0 Å². The first-order valence-electron chi connectivity index (χ1n) is 6.80. The van der Waals surface area contributed by atoms with E-state index in [1.165, 1.54) is 18.5 Å². The number of hydrogen-bond donors (Lipinski definition) is 1. The summed E-state index contributed by atoms with van der Waals surface area (Å²) in [5.41, 5.74) is -0.709. The molecule has 0 saturated carbocycles. The molecule has 0 saturated heterocycles. The summed E-state index contributed by atoms with van der Waals surface area (Å²) in [4.78, 5) is 8.20. The van der Waals surface area contributed by atoms with Crippen LogP contribution in [0.25, 0.3) is 0 Å². The molecule has 0 amide bonds. The Morgan fingerprint density at radius 2 is 2.10 bits per heavy atom. The van der Waals surface area contributed by atoms with Crippen LogP contribution in [-0.4, -0.2) is 24.9 Å². The lowest BCUT2D eigenvalue weighted by Gasteiger charge is -2.25. The Morgan fingerprint density at radius 1 is 1.30 bits per heavy atom. The molecule has 2 heterocycles. The van der Waals surface area contributed by atoms with Crippen molar-refractivity contribution in [1.82, 2.24) is 19.7 Å². The van der Waals surface area contributed by atoms with E-state index in [9.17, 15) is 9.50 Å². The first-order chi connectivity index (χ1) is 9.59. The number of aliphatic hydroxyl groups is 1. The van der Waals surface area contributed by atoms with Crippen LogP contribution in [0.1, 0.15) is 38.2 Å². The molecule has 0 spiro atoms. The third kappa shape index (κ3) is 3.01. The number of nitrogens with zero attached hydrogens (tertiary/aromatic N) is 4. The minimum Gasteiger partial charge on any atom is -0.383 e. The Hall–Kier alpha value is -1.82. The SMILES string of the molecule is CCCn1ncnc1CC(O)(CC)c1ccc(F)cn1. The van der Waals surface area contributed by atoms with Crippen molar-refractivity contribution in [2.75, 3.05) is 0 Å². The molecular formula is C14H19FN4O. The molecule has 0 radical (unpaired) electrons. The summed E-state index contributed by atoms with van der Waals surface area (Å²) < 4.78 is 14.7. The molecule has 1 unspecified atom stereocenters. The molecule has 0 aromatic carbocycles. The van der Waals surface area contributed by atoms with E-state index < -0.39 is 11.4 Å². The third-order valence-corrected chi connectivity index (χ3v) is 3.37. The maximum Gasteiger partial charge on any atom is 0.141 e. The van der Waals surface area contributed by atoms with Gasteiger partial charge in [-0.2, -0.15) is 5.10 Å². The molecule has 108 valence electrons. The molecule has 20 heavy (non-hydrogen) atoms. The lowest BCUT2D eigenvalue weighted by molar-refractivity contribution is 0.0251. The van der Waals surface area contributed by atoms with Gasteiger partial charge in [0.15, 0.2) is 0 Å². The number of aryl methyl sites for hydroxylation is 1. The van der Waals surface area contributed by atoms with Crippen molar-refractivity contribution in [3.63, 3.8) is 0 Å². The van der Waals surface area contributed by atoms with E-state index in [0.717, 1.165) is 19.2 Å². The van der Waals surface area contributed by atoms with E-state index in [1.54, 1.807) is 4.68 Å². The van der Waals surface area contributed by atoms with Crippen LogP contribution < -0.4 is 0 Å². The van der Waals surface area contributed by atoms with Gasteiger partial charge in [-0.1, -0.05) is 13.8 Å². The van der Waals surface area contributed by atoms with Crippen molar-refractivity contribution < 1.29 is 9.50 Å². The van der Waals surface area contributed by atoms with Crippen molar-refractivity contribution in [3.05, 3.63) is 42.0 Å². The van der Waals surface area contributed by atoms with E-state index in [2.05, 4.69) is 22.0 Å². The predicted octanol–water partition coefficient (Wildman–Crippen LogP) is 2.06. The Kier molecular flexibility index (Phi) is 4.44. The zero-order valence-electron chi connectivity index (χ0n) is 11.8. The van der Waals surface area contributed by atoms with Crippen molar-refractivity contribution in [3.8, 4) is 0 Å². The molecule has 2 aromatic rings. The minimum atomic E-state index is -1.16. The Labute approximate surface area is 117 Å². The standard InChI is InChI=1S/C14H19FN4O/c1-3-7-19-13(17-10-18-19)8-14(20,4-2)12-6-5-11(15)9-16-12/h5-6,9-10,20H,3-4,7-8H2,1-2H3. The summed E-state index contributed by atoms with van der Waals surface area (Å²) in [6.45, 7) is 4.68. The van der Waals surface area contributed by atoms with Crippen LogP contribution in [0.5, 0.6) is 0 Å². The van der Waals surface area contributed by atoms with E-state index >= 15 is 0 Å². The van der Waals surface area contributed by atoms with E-state index in [1.807, 2.05) is 6.92 Å². The first-order valence-corrected chi connectivity index (χ1v) is 6.80. The van der Waals surface area contributed by atoms with Crippen molar-refractivity contribution in [2.24, 2.45) is 0 Å². The molecule has 0 aliphatic carbocycles. The topological polar surface area (TPSA) is 63.8 Å². The summed E-state index contributed by atoms with van der Waals surface area (Å²) in [6.07, 6.45) is 4.31. The van der Waals surface area contributed by atoms with Gasteiger partial charge in [0, 0.05) is 13.0 Å². The van der Waals surface area contributed by atoms with Crippen LogP contribution in [0.2, 0.25) is 0 Å². The molecule has 0 aliphatic heterocycles. The smallest absolute Gasteiger partial charge is 0.141 e. The molecule has 1 atom stereocenters. The maximum absolute atomic E-state index is 13.0. The second-order valence-corrected chi connectivity index (χ2v) is 4.82. The largest absolute Gasteiger partial charge is 0.383 e. The molecule has 5 nitrogen and oxygen atoms in total. The van der Waals surface area contributed by atoms with Gasteiger partial charge < -0.3 is 5.11 Å². The molecular weight excluding hydrogens is 259 g/mol. The monoisotopic (exact) mass is 278 g/mol. The van der Waals surface area contributed by atoms with Crippen LogP contribution in [0.3, 0.4) is 0 Å². The van der Waals surface area contributed by atoms with Gasteiger partial charge in [-0.25, -0.2) is 14.1 Å². The van der Waals surface area contributed by atoms with Crippen LogP contribution in [-0.2, 0) is 18.6 Å². The first kappa shape index (κ1) is 14.6. The molecule has 0 bridgehead atoms. The number of halogens is 1. The Morgan fingerprint density at radius 3 is 2.70 bits per heavy atom. The Balaban J connectivity index is 2.26. The molecule has 2 rings (SSSR count). The lowest BCUT2D eigenvalue weighted by Crippen LogP contribution is -2.30. The highest BCUT2D eigenvalue weighted by Crippen LogP contribution is 2.27. The number of hydrogen-bond acceptors (Lipinski definition) is 4. The van der Waals surface area contributed by atoms with E-state index in [0.29, 0.717) is 24.4 Å². The number of rotatable bonds is 6. The molecule has 0 fully saturated rings. The fourth-order valence-electron chi connectivity index (χ4n) is 2.13. The van der Waals surface area contributed by atoms with Crippen LogP contribution in [0.15, 0.2) is 24.7 Å². The van der Waals surface area contributed by atoms with Crippen LogP contribution >= 0.6 is 0 Å². The molecule has 6 heteroatoms. The van der Waals surface area contributed by atoms with Gasteiger partial charge in [-0.05, 0) is 25.0 Å². The fourth-order valence-corrected chi connectivity index (χ4v) is 2.13. The normalized spacial score (nSPS) is 14.2. The van der Waals surface area contributed by atoms with Crippen molar-refractivity contribution in [1.29, 1.82) is 0 Å². The van der Waals surface area contributed by atoms with Gasteiger partial charge >= 0.3 is 0 Å². The fraction of sp³-hybridized carbons (Fsp3) is 0.500. The third-order valence-electron chi connectivity index (χ3n) is 3.37. The van der Waals surface area contributed by atoms with Crippen molar-refractivity contribution in [2.45, 2.75) is 45.3 Å². The molecule has 2 aromatic heterocycles. The lowest BCUT2D eigenvalue weighted by atomic mass is 9.91. The average Bonchev–Trinajstić information content (AvgIpc) is 2.87. The Bertz CT molecular complexity index is 555. The highest BCUT2D eigenvalue weighted by molar-refractivity contribution is 5.15. The quantitative estimate of drug-likeness (QED) is 0.878. The summed E-state index contributed by atoms with van der Waals surface area (Å²) in [7, 11) is 0. The summed E-state index contributed by atoms with van der Waals surface area (Å²) in [6, 6.07) is 2.82. The average molecular weight is 278 g/mol. The van der Waals surface area contributed by atoms with Gasteiger partial charge in [-0.3, -0.25) is 4.98 Å².